The molecular formula is C26H23NO4S. The predicted molar refractivity (Wildman–Crippen MR) is 124 cm³/mol. The summed E-state index contributed by atoms with van der Waals surface area (Å²) in [6.45, 7) is 6.24. The van der Waals surface area contributed by atoms with Gasteiger partial charge in [0.2, 0.25) is 0 Å². The molecule has 0 N–H and O–H groups in total. The molecule has 32 heavy (non-hydrogen) atoms. The van der Waals surface area contributed by atoms with Gasteiger partial charge in [0.1, 0.15) is 17.6 Å². The smallest absolute Gasteiger partial charge is 0.282 e. The van der Waals surface area contributed by atoms with Crippen LogP contribution in [0, 0.1) is 12.8 Å². The van der Waals surface area contributed by atoms with E-state index in [4.69, 9.17) is 9.47 Å². The van der Waals surface area contributed by atoms with Crippen molar-refractivity contribution in [3.05, 3.63) is 108 Å². The first-order valence-electron chi connectivity index (χ1n) is 10.5. The molecule has 3 aromatic carbocycles. The number of sulfonamides is 1. The number of benzene rings is 3. The molecule has 0 aliphatic carbocycles. The second-order valence-electron chi connectivity index (χ2n) is 8.09. The van der Waals surface area contributed by atoms with Crippen LogP contribution in [0.3, 0.4) is 0 Å². The van der Waals surface area contributed by atoms with Crippen LogP contribution in [0.1, 0.15) is 22.8 Å². The fourth-order valence-electron chi connectivity index (χ4n) is 4.48. The van der Waals surface area contributed by atoms with Crippen LogP contribution in [0.2, 0.25) is 0 Å². The predicted octanol–water partition coefficient (Wildman–Crippen LogP) is 4.88. The lowest BCUT2D eigenvalue weighted by Crippen LogP contribution is -2.49. The molecule has 1 saturated heterocycles. The van der Waals surface area contributed by atoms with Crippen LogP contribution in [0.15, 0.2) is 101 Å². The van der Waals surface area contributed by atoms with Gasteiger partial charge in [0, 0.05) is 11.5 Å². The number of para-hydroxylation sites is 1. The van der Waals surface area contributed by atoms with Crippen LogP contribution >= 0.6 is 0 Å². The highest BCUT2D eigenvalue weighted by Crippen LogP contribution is 2.52. The lowest BCUT2D eigenvalue weighted by molar-refractivity contribution is 0.0256. The molecule has 0 saturated carbocycles. The lowest BCUT2D eigenvalue weighted by atomic mass is 9.78. The number of aryl methyl sites for hydroxylation is 1. The summed E-state index contributed by atoms with van der Waals surface area (Å²) in [6, 6.07) is 23.8. The summed E-state index contributed by atoms with van der Waals surface area (Å²) in [7, 11) is -3.99. The Morgan fingerprint density at radius 3 is 2.41 bits per heavy atom. The molecule has 5 rings (SSSR count). The van der Waals surface area contributed by atoms with Crippen molar-refractivity contribution in [3.63, 3.8) is 0 Å². The van der Waals surface area contributed by atoms with Crippen LogP contribution in [0.4, 0.5) is 0 Å². The van der Waals surface area contributed by atoms with Gasteiger partial charge in [0.15, 0.2) is 5.60 Å². The zero-order chi connectivity index (χ0) is 22.3. The number of hydrogen-bond acceptors (Lipinski definition) is 4. The van der Waals surface area contributed by atoms with E-state index in [-0.39, 0.29) is 10.8 Å². The lowest BCUT2D eigenvalue weighted by Gasteiger charge is -2.33. The van der Waals surface area contributed by atoms with Crippen molar-refractivity contribution >= 4 is 15.7 Å². The van der Waals surface area contributed by atoms with Crippen LogP contribution in [-0.4, -0.2) is 26.3 Å². The number of nitrogens with zero attached hydrogens (tertiary/aromatic N) is 1. The third-order valence-electron chi connectivity index (χ3n) is 6.09. The minimum atomic E-state index is -3.99. The van der Waals surface area contributed by atoms with E-state index in [0.29, 0.717) is 23.6 Å². The fraction of sp³-hybridized carbons (Fsp3) is 0.192. The third kappa shape index (κ3) is 3.18. The Morgan fingerprint density at radius 2 is 1.69 bits per heavy atom. The van der Waals surface area contributed by atoms with Crippen molar-refractivity contribution < 1.29 is 17.9 Å². The van der Waals surface area contributed by atoms with Gasteiger partial charge in [-0.05, 0) is 36.8 Å². The topological polar surface area (TPSA) is 65.0 Å². The molecule has 0 bridgehead atoms. The molecule has 3 atom stereocenters. The van der Waals surface area contributed by atoms with E-state index in [0.717, 1.165) is 11.1 Å². The van der Waals surface area contributed by atoms with Gasteiger partial charge in [-0.1, -0.05) is 66.2 Å². The average Bonchev–Trinajstić information content (AvgIpc) is 3.32. The minimum absolute atomic E-state index is 0.139. The van der Waals surface area contributed by atoms with E-state index in [1.54, 1.807) is 30.3 Å². The van der Waals surface area contributed by atoms with Crippen LogP contribution in [-0.2, 0) is 14.8 Å². The van der Waals surface area contributed by atoms with E-state index in [1.807, 2.05) is 61.5 Å². The summed E-state index contributed by atoms with van der Waals surface area (Å²) in [6.07, 6.45) is 1.23. The molecule has 1 fully saturated rings. The van der Waals surface area contributed by atoms with E-state index >= 15 is 0 Å². The molecule has 5 nitrogen and oxygen atoms in total. The van der Waals surface area contributed by atoms with Gasteiger partial charge >= 0.3 is 0 Å². The van der Waals surface area contributed by atoms with Crippen molar-refractivity contribution in [2.75, 3.05) is 6.61 Å². The van der Waals surface area contributed by atoms with Gasteiger partial charge < -0.3 is 9.47 Å². The Hall–Kier alpha value is -3.22. The van der Waals surface area contributed by atoms with Crippen molar-refractivity contribution in [3.8, 4) is 5.75 Å². The molecule has 2 aliphatic rings. The van der Waals surface area contributed by atoms with E-state index < -0.39 is 21.7 Å². The summed E-state index contributed by atoms with van der Waals surface area (Å²) in [5.41, 5.74) is 1.74. The summed E-state index contributed by atoms with van der Waals surface area (Å²) >= 11 is 0. The highest BCUT2D eigenvalue weighted by atomic mass is 32.2. The summed E-state index contributed by atoms with van der Waals surface area (Å²) in [5, 5.41) is 0. The Morgan fingerprint density at radius 1 is 1.00 bits per heavy atom. The molecule has 0 aromatic heterocycles. The SMILES string of the molecule is C=C[C@H]1CO[C@@H](c2ccccc2)[C@@]12Oc1ccccc1/C2=N/S(=O)(=O)c1ccc(C)cc1. The Bertz CT molecular complexity index is 1300. The van der Waals surface area contributed by atoms with Gasteiger partial charge in [-0.15, -0.1) is 6.58 Å². The number of hydrogen-bond donors (Lipinski definition) is 0. The summed E-state index contributed by atoms with van der Waals surface area (Å²) in [5.74, 6) is 0.302. The van der Waals surface area contributed by atoms with Crippen LogP contribution < -0.4 is 4.74 Å². The quantitative estimate of drug-likeness (QED) is 0.537. The number of fused-ring (bicyclic) bond motifs is 1. The first-order chi connectivity index (χ1) is 15.5. The minimum Gasteiger partial charge on any atom is -0.476 e. The van der Waals surface area contributed by atoms with Gasteiger partial charge in [-0.2, -0.15) is 12.8 Å². The maximum Gasteiger partial charge on any atom is 0.282 e. The van der Waals surface area contributed by atoms with Gasteiger partial charge in [0.25, 0.3) is 10.0 Å². The zero-order valence-electron chi connectivity index (χ0n) is 17.6. The molecule has 0 radical (unpaired) electrons. The van der Waals surface area contributed by atoms with E-state index in [1.165, 1.54) is 0 Å². The monoisotopic (exact) mass is 445 g/mol. The normalized spacial score (nSPS) is 25.6. The number of ether oxygens (including phenoxy) is 2. The van der Waals surface area contributed by atoms with Gasteiger partial charge in [-0.25, -0.2) is 0 Å². The summed E-state index contributed by atoms with van der Waals surface area (Å²) in [4.78, 5) is 0.139. The molecule has 6 heteroatoms. The largest absolute Gasteiger partial charge is 0.476 e. The maximum atomic E-state index is 13.4. The molecule has 0 amide bonds. The average molecular weight is 446 g/mol. The Balaban J connectivity index is 1.74. The van der Waals surface area contributed by atoms with Crippen LogP contribution in [0.5, 0.6) is 5.75 Å². The molecule has 2 aliphatic heterocycles. The van der Waals surface area contributed by atoms with E-state index in [2.05, 4.69) is 11.0 Å². The molecular weight excluding hydrogens is 422 g/mol. The second kappa shape index (κ2) is 7.73. The number of rotatable bonds is 4. The zero-order valence-corrected chi connectivity index (χ0v) is 18.5. The molecule has 2 heterocycles. The second-order valence-corrected chi connectivity index (χ2v) is 9.69. The van der Waals surface area contributed by atoms with Crippen LogP contribution in [0.25, 0.3) is 0 Å². The van der Waals surface area contributed by atoms with Crippen molar-refractivity contribution in [2.45, 2.75) is 23.5 Å². The molecule has 0 unspecified atom stereocenters. The van der Waals surface area contributed by atoms with Gasteiger partial charge in [-0.3, -0.25) is 0 Å². The molecule has 162 valence electrons. The third-order valence-corrected chi connectivity index (χ3v) is 7.38. The summed E-state index contributed by atoms with van der Waals surface area (Å²) < 4.78 is 43.9. The highest BCUT2D eigenvalue weighted by molar-refractivity contribution is 7.90. The molecule has 1 spiro atoms. The maximum absolute atomic E-state index is 13.4. The highest BCUT2D eigenvalue weighted by Gasteiger charge is 2.61. The van der Waals surface area contributed by atoms with Crippen molar-refractivity contribution in [2.24, 2.45) is 10.3 Å². The molecule has 3 aromatic rings. The van der Waals surface area contributed by atoms with Crippen molar-refractivity contribution in [1.29, 1.82) is 0 Å². The fourth-order valence-corrected chi connectivity index (χ4v) is 5.55. The van der Waals surface area contributed by atoms with E-state index in [9.17, 15) is 8.42 Å². The standard InChI is InChI=1S/C26H23NO4S/c1-3-20-17-30-25(19-9-5-4-6-10-19)26(20)24(22-11-7-8-12-23(22)31-26)27-32(28,29)21-15-13-18(2)14-16-21/h3-16,20,25H,1,17H2,2H3/b27-24-/t20-,25-,26+/m0/s1. The van der Waals surface area contributed by atoms with Crippen molar-refractivity contribution in [1.82, 2.24) is 0 Å². The first kappa shape index (κ1) is 20.7. The Kier molecular flexibility index (Phi) is 4.99. The first-order valence-corrected chi connectivity index (χ1v) is 11.9. The Labute approximate surface area is 188 Å². The van der Waals surface area contributed by atoms with Gasteiger partial charge in [0.05, 0.1) is 11.5 Å².